The van der Waals surface area contributed by atoms with Gasteiger partial charge in [0.05, 0.1) is 5.75 Å². The quantitative estimate of drug-likeness (QED) is 0.775. The van der Waals surface area contributed by atoms with Crippen molar-refractivity contribution in [1.29, 1.82) is 0 Å². The van der Waals surface area contributed by atoms with E-state index in [1.165, 1.54) is 19.1 Å². The van der Waals surface area contributed by atoms with E-state index in [-0.39, 0.29) is 11.3 Å². The Morgan fingerprint density at radius 3 is 2.67 bits per heavy atom. The number of benzene rings is 1. The SMILES string of the molecule is CCS(=O)(=O)[N]C(=O)c1cccc(F)c1. The fourth-order valence-corrected chi connectivity index (χ4v) is 1.35. The average molecular weight is 230 g/mol. The lowest BCUT2D eigenvalue weighted by molar-refractivity contribution is 0.0978. The summed E-state index contributed by atoms with van der Waals surface area (Å²) in [5.41, 5.74) is -0.0768. The van der Waals surface area contributed by atoms with Crippen molar-refractivity contribution in [2.75, 3.05) is 5.75 Å². The van der Waals surface area contributed by atoms with Crippen molar-refractivity contribution in [2.45, 2.75) is 6.92 Å². The van der Waals surface area contributed by atoms with Crippen LogP contribution in [0.3, 0.4) is 0 Å². The molecule has 1 amide bonds. The van der Waals surface area contributed by atoms with Gasteiger partial charge in [0.15, 0.2) is 0 Å². The smallest absolute Gasteiger partial charge is 0.266 e. The molecule has 81 valence electrons. The van der Waals surface area contributed by atoms with Crippen LogP contribution < -0.4 is 4.72 Å². The topological polar surface area (TPSA) is 65.3 Å². The molecule has 0 aliphatic heterocycles. The minimum absolute atomic E-state index is 0.0768. The number of halogens is 1. The third-order valence-electron chi connectivity index (χ3n) is 1.66. The highest BCUT2D eigenvalue weighted by Crippen LogP contribution is 2.04. The zero-order valence-corrected chi connectivity index (χ0v) is 8.79. The van der Waals surface area contributed by atoms with Crippen LogP contribution in [0.2, 0.25) is 0 Å². The second-order valence-corrected chi connectivity index (χ2v) is 4.70. The Kier molecular flexibility index (Phi) is 3.41. The molecule has 0 saturated heterocycles. The summed E-state index contributed by atoms with van der Waals surface area (Å²) in [5, 5.41) is 0. The van der Waals surface area contributed by atoms with E-state index in [4.69, 9.17) is 0 Å². The molecule has 1 radical (unpaired) electrons. The van der Waals surface area contributed by atoms with Crippen LogP contribution in [0.1, 0.15) is 17.3 Å². The van der Waals surface area contributed by atoms with Crippen molar-refractivity contribution < 1.29 is 17.6 Å². The normalized spacial score (nSPS) is 11.1. The Morgan fingerprint density at radius 2 is 2.13 bits per heavy atom. The maximum atomic E-state index is 12.7. The number of rotatable bonds is 3. The van der Waals surface area contributed by atoms with Gasteiger partial charge in [0.25, 0.3) is 15.9 Å². The molecule has 0 aliphatic rings. The Hall–Kier alpha value is -1.43. The van der Waals surface area contributed by atoms with Crippen LogP contribution in [0.25, 0.3) is 0 Å². The number of amides is 1. The minimum atomic E-state index is -3.73. The second-order valence-electron chi connectivity index (χ2n) is 2.78. The molecule has 1 aromatic rings. The first-order chi connectivity index (χ1) is 6.94. The lowest BCUT2D eigenvalue weighted by Crippen LogP contribution is -2.24. The summed E-state index contributed by atoms with van der Waals surface area (Å²) in [4.78, 5) is 11.3. The summed E-state index contributed by atoms with van der Waals surface area (Å²) in [6.07, 6.45) is 0. The average Bonchev–Trinajstić information content (AvgIpc) is 2.17. The van der Waals surface area contributed by atoms with E-state index in [0.717, 1.165) is 12.1 Å². The van der Waals surface area contributed by atoms with Gasteiger partial charge in [0.1, 0.15) is 5.82 Å². The first-order valence-electron chi connectivity index (χ1n) is 4.20. The van der Waals surface area contributed by atoms with Crippen molar-refractivity contribution in [3.8, 4) is 0 Å². The van der Waals surface area contributed by atoms with Crippen LogP contribution >= 0.6 is 0 Å². The van der Waals surface area contributed by atoms with Gasteiger partial charge in [-0.05, 0) is 25.1 Å². The van der Waals surface area contributed by atoms with E-state index in [0.29, 0.717) is 0 Å². The Balaban J connectivity index is 2.87. The van der Waals surface area contributed by atoms with Gasteiger partial charge >= 0.3 is 0 Å². The maximum absolute atomic E-state index is 12.7. The molecular weight excluding hydrogens is 221 g/mol. The van der Waals surface area contributed by atoms with Gasteiger partial charge in [-0.2, -0.15) is 0 Å². The fourth-order valence-electron chi connectivity index (χ4n) is 0.865. The van der Waals surface area contributed by atoms with Crippen LogP contribution in [-0.4, -0.2) is 20.1 Å². The van der Waals surface area contributed by atoms with Crippen molar-refractivity contribution in [3.05, 3.63) is 35.6 Å². The molecule has 0 aliphatic carbocycles. The molecular formula is C9H9FNO3S. The van der Waals surface area contributed by atoms with Crippen LogP contribution in [0, 0.1) is 5.82 Å². The molecule has 0 atom stereocenters. The van der Waals surface area contributed by atoms with E-state index < -0.39 is 21.7 Å². The van der Waals surface area contributed by atoms with Crippen molar-refractivity contribution in [2.24, 2.45) is 0 Å². The van der Waals surface area contributed by atoms with Gasteiger partial charge in [0.2, 0.25) is 0 Å². The van der Waals surface area contributed by atoms with E-state index >= 15 is 0 Å². The van der Waals surface area contributed by atoms with Crippen LogP contribution in [0.15, 0.2) is 24.3 Å². The third-order valence-corrected chi connectivity index (χ3v) is 2.83. The largest absolute Gasteiger partial charge is 0.287 e. The van der Waals surface area contributed by atoms with E-state index in [1.807, 2.05) is 0 Å². The van der Waals surface area contributed by atoms with Crippen LogP contribution in [0.5, 0.6) is 0 Å². The highest BCUT2D eigenvalue weighted by atomic mass is 32.2. The number of sulfonamides is 1. The van der Waals surface area contributed by atoms with Gasteiger partial charge in [-0.15, -0.1) is 4.72 Å². The molecule has 1 aromatic carbocycles. The maximum Gasteiger partial charge on any atom is 0.287 e. The molecule has 6 heteroatoms. The monoisotopic (exact) mass is 230 g/mol. The molecule has 0 fully saturated rings. The molecule has 0 spiro atoms. The molecule has 4 nitrogen and oxygen atoms in total. The number of hydrogen-bond donors (Lipinski definition) is 0. The predicted octanol–water partition coefficient (Wildman–Crippen LogP) is 0.920. The molecule has 15 heavy (non-hydrogen) atoms. The lowest BCUT2D eigenvalue weighted by Gasteiger charge is -2.00. The number of hydrogen-bond acceptors (Lipinski definition) is 3. The van der Waals surface area contributed by atoms with Crippen LogP contribution in [-0.2, 0) is 10.0 Å². The van der Waals surface area contributed by atoms with E-state index in [1.54, 1.807) is 0 Å². The number of nitrogens with zero attached hydrogens (tertiary/aromatic N) is 1. The number of carbonyl (C=O) groups excluding carboxylic acids is 1. The van der Waals surface area contributed by atoms with E-state index in [9.17, 15) is 17.6 Å². The van der Waals surface area contributed by atoms with Gasteiger partial charge in [0, 0.05) is 5.56 Å². The second kappa shape index (κ2) is 4.39. The van der Waals surface area contributed by atoms with Gasteiger partial charge in [-0.1, -0.05) is 6.07 Å². The number of carbonyl (C=O) groups is 1. The van der Waals surface area contributed by atoms with Gasteiger partial charge < -0.3 is 0 Å². The molecule has 0 aromatic heterocycles. The molecule has 0 heterocycles. The Bertz CT molecular complexity index is 470. The molecule has 0 N–H and O–H groups in total. The summed E-state index contributed by atoms with van der Waals surface area (Å²) in [7, 11) is -3.73. The summed E-state index contributed by atoms with van der Waals surface area (Å²) in [5.74, 6) is -1.81. The van der Waals surface area contributed by atoms with Gasteiger partial charge in [-0.3, -0.25) is 4.79 Å². The highest BCUT2D eigenvalue weighted by molar-refractivity contribution is 7.89. The fraction of sp³-hybridized carbons (Fsp3) is 0.222. The molecule has 0 bridgehead atoms. The lowest BCUT2D eigenvalue weighted by atomic mass is 10.2. The summed E-state index contributed by atoms with van der Waals surface area (Å²) in [6, 6.07) is 4.72. The standard InChI is InChI=1S/C9H9FNO3S/c1-2-15(13,14)11-9(12)7-4-3-5-8(10)6-7/h3-6H,2H2,1H3. The minimum Gasteiger partial charge on any atom is -0.266 e. The third kappa shape index (κ3) is 3.32. The molecule has 0 unspecified atom stereocenters. The molecule has 1 rings (SSSR count). The highest BCUT2D eigenvalue weighted by Gasteiger charge is 2.16. The summed E-state index contributed by atoms with van der Waals surface area (Å²) in [6.45, 7) is 1.37. The Labute approximate surface area is 87.2 Å². The van der Waals surface area contributed by atoms with Crippen molar-refractivity contribution >= 4 is 15.9 Å². The zero-order chi connectivity index (χ0) is 11.5. The van der Waals surface area contributed by atoms with Gasteiger partial charge in [-0.25, -0.2) is 12.8 Å². The zero-order valence-electron chi connectivity index (χ0n) is 7.97. The van der Waals surface area contributed by atoms with Crippen molar-refractivity contribution in [3.63, 3.8) is 0 Å². The van der Waals surface area contributed by atoms with E-state index in [2.05, 4.69) is 4.72 Å². The first kappa shape index (κ1) is 11.6. The van der Waals surface area contributed by atoms with Crippen LogP contribution in [0.4, 0.5) is 4.39 Å². The summed E-state index contributed by atoms with van der Waals surface area (Å²) >= 11 is 0. The first-order valence-corrected chi connectivity index (χ1v) is 5.81. The summed E-state index contributed by atoms with van der Waals surface area (Å²) < 4.78 is 37.7. The Morgan fingerprint density at radius 1 is 1.47 bits per heavy atom. The van der Waals surface area contributed by atoms with Crippen molar-refractivity contribution in [1.82, 2.24) is 4.72 Å². The molecule has 0 saturated carbocycles. The predicted molar refractivity (Wildman–Crippen MR) is 52.3 cm³/mol.